The fraction of sp³-hybridized carbons (Fsp3) is 0.948. The van der Waals surface area contributed by atoms with E-state index in [0.717, 1.165) is 108 Å². The summed E-state index contributed by atoms with van der Waals surface area (Å²) in [5, 5.41) is 10.6. The molecule has 570 valence electrons. The summed E-state index contributed by atoms with van der Waals surface area (Å²) >= 11 is 0. The summed E-state index contributed by atoms with van der Waals surface area (Å²) < 4.78 is 68.6. The van der Waals surface area contributed by atoms with E-state index >= 15 is 0 Å². The molecule has 17 nitrogen and oxygen atoms in total. The normalized spacial score (nSPS) is 14.1. The highest BCUT2D eigenvalue weighted by molar-refractivity contribution is 7.47. The van der Waals surface area contributed by atoms with Gasteiger partial charge in [0.25, 0.3) is 0 Å². The van der Waals surface area contributed by atoms with E-state index in [0.29, 0.717) is 25.7 Å². The number of carbonyl (C=O) groups is 4. The van der Waals surface area contributed by atoms with Gasteiger partial charge in [-0.2, -0.15) is 0 Å². The number of phosphoric acid groups is 2. The highest BCUT2D eigenvalue weighted by atomic mass is 31.2. The number of aliphatic hydroxyl groups is 1. The Hall–Kier alpha value is -1.94. The Morgan fingerprint density at radius 2 is 0.479 bits per heavy atom. The van der Waals surface area contributed by atoms with Gasteiger partial charge in [0.05, 0.1) is 26.4 Å². The van der Waals surface area contributed by atoms with Crippen LogP contribution < -0.4 is 0 Å². The molecule has 0 spiro atoms. The molecule has 3 N–H and O–H groups in total. The maximum absolute atomic E-state index is 13.1. The van der Waals surface area contributed by atoms with Crippen LogP contribution in [0.4, 0.5) is 0 Å². The van der Waals surface area contributed by atoms with Crippen LogP contribution in [0.5, 0.6) is 0 Å². The molecule has 0 saturated heterocycles. The maximum Gasteiger partial charge on any atom is 0.472 e. The molecule has 0 radical (unpaired) electrons. The first-order valence-electron chi connectivity index (χ1n) is 39.8. The molecule has 0 aromatic rings. The van der Waals surface area contributed by atoms with Crippen molar-refractivity contribution in [3.05, 3.63) is 0 Å². The molecule has 0 aliphatic rings. The quantitative estimate of drug-likeness (QED) is 0.0222. The summed E-state index contributed by atoms with van der Waals surface area (Å²) in [4.78, 5) is 72.9. The summed E-state index contributed by atoms with van der Waals surface area (Å²) in [5.74, 6) is 0.230. The van der Waals surface area contributed by atoms with Crippen LogP contribution in [0.15, 0.2) is 0 Å². The second-order valence-corrected chi connectivity index (χ2v) is 32.1. The molecule has 0 aliphatic carbocycles. The van der Waals surface area contributed by atoms with Crippen molar-refractivity contribution in [2.75, 3.05) is 39.6 Å². The van der Waals surface area contributed by atoms with E-state index in [9.17, 15) is 43.2 Å². The zero-order chi connectivity index (χ0) is 70.9. The second kappa shape index (κ2) is 67.5. The van der Waals surface area contributed by atoms with Gasteiger partial charge in [-0.25, -0.2) is 9.13 Å². The number of aliphatic hydroxyl groups excluding tert-OH is 1. The molecule has 0 bridgehead atoms. The molecule has 0 fully saturated rings. The van der Waals surface area contributed by atoms with Crippen molar-refractivity contribution < 1.29 is 80.2 Å². The SMILES string of the molecule is CCCCCCCCCCCCC(=O)OC[C@H](COP(=O)(O)OC[C@H](O)COP(=O)(O)OC[C@@H](COC(=O)CCCCCCCCCCCCCCC(C)C)OC(=O)CCCCCCCCCCCCCCCC(C)C)OC(=O)CCCCCCCCCCCCCCC(C)C. The fourth-order valence-corrected chi connectivity index (χ4v) is 13.4. The predicted octanol–water partition coefficient (Wildman–Crippen LogP) is 22.6. The fourth-order valence-electron chi connectivity index (χ4n) is 11.8. The van der Waals surface area contributed by atoms with Gasteiger partial charge in [0, 0.05) is 25.7 Å². The van der Waals surface area contributed by atoms with Gasteiger partial charge in [-0.05, 0) is 43.4 Å². The van der Waals surface area contributed by atoms with E-state index in [4.69, 9.17) is 37.0 Å². The first-order chi connectivity index (χ1) is 46.2. The number of rotatable bonds is 75. The number of unbranched alkanes of at least 4 members (excludes halogenated alkanes) is 43. The Morgan fingerprint density at radius 1 is 0.281 bits per heavy atom. The number of esters is 4. The lowest BCUT2D eigenvalue weighted by atomic mass is 10.0. The minimum Gasteiger partial charge on any atom is -0.462 e. The lowest BCUT2D eigenvalue weighted by molar-refractivity contribution is -0.161. The Balaban J connectivity index is 5.25. The molecule has 0 aliphatic heterocycles. The van der Waals surface area contributed by atoms with Gasteiger partial charge in [0.15, 0.2) is 12.2 Å². The number of ether oxygens (including phenoxy) is 4. The first kappa shape index (κ1) is 94.1. The van der Waals surface area contributed by atoms with E-state index in [1.54, 1.807) is 0 Å². The summed E-state index contributed by atoms with van der Waals surface area (Å²) in [6.07, 6.45) is 53.9. The average molecular weight is 1410 g/mol. The molecule has 0 aromatic carbocycles. The number of hydrogen-bond acceptors (Lipinski definition) is 15. The van der Waals surface area contributed by atoms with Gasteiger partial charge in [0.1, 0.15) is 19.3 Å². The minimum atomic E-state index is -4.96. The zero-order valence-corrected chi connectivity index (χ0v) is 64.6. The van der Waals surface area contributed by atoms with Crippen LogP contribution in [0.25, 0.3) is 0 Å². The zero-order valence-electron chi connectivity index (χ0n) is 62.8. The van der Waals surface area contributed by atoms with E-state index in [2.05, 4.69) is 48.5 Å². The summed E-state index contributed by atoms with van der Waals surface area (Å²) in [5.41, 5.74) is 0. The highest BCUT2D eigenvalue weighted by Gasteiger charge is 2.30. The second-order valence-electron chi connectivity index (χ2n) is 29.2. The third-order valence-corrected chi connectivity index (χ3v) is 19.8. The van der Waals surface area contributed by atoms with Gasteiger partial charge in [-0.1, -0.05) is 344 Å². The molecule has 5 atom stereocenters. The molecule has 0 heterocycles. The molecular formula is C77H150O17P2. The molecule has 2 unspecified atom stereocenters. The third-order valence-electron chi connectivity index (χ3n) is 17.9. The summed E-state index contributed by atoms with van der Waals surface area (Å²) in [7, 11) is -9.91. The number of phosphoric ester groups is 2. The van der Waals surface area contributed by atoms with Gasteiger partial charge < -0.3 is 33.8 Å². The first-order valence-corrected chi connectivity index (χ1v) is 42.8. The Kier molecular flexibility index (Phi) is 66.2. The van der Waals surface area contributed by atoms with Crippen molar-refractivity contribution in [2.45, 2.75) is 414 Å². The standard InChI is InChI=1S/C77H150O17P2/c1-8-9-10-11-12-13-30-37-44-51-58-74(79)87-64-72(93-77(82)61-54-47-40-33-26-20-18-23-29-36-43-50-57-70(6)7)66-91-95(83,84)89-62-71(78)63-90-96(85,86)92-67-73(65-88-75(80)59-52-45-38-31-24-19-17-22-28-35-42-49-56-69(4)5)94-76(81)60-53-46-39-32-25-16-14-15-21-27-34-41-48-55-68(2)3/h68-73,78H,8-67H2,1-7H3,(H,83,84)(H,85,86)/t71-,72+,73+/m0/s1. The molecule has 19 heteroatoms. The topological polar surface area (TPSA) is 237 Å². The Bertz CT molecular complexity index is 1870. The van der Waals surface area contributed by atoms with Crippen molar-refractivity contribution >= 4 is 39.5 Å². The van der Waals surface area contributed by atoms with Crippen LogP contribution in [0.3, 0.4) is 0 Å². The van der Waals surface area contributed by atoms with Crippen molar-refractivity contribution in [2.24, 2.45) is 17.8 Å². The molecular weight excluding hydrogens is 1260 g/mol. The van der Waals surface area contributed by atoms with Crippen molar-refractivity contribution in [3.63, 3.8) is 0 Å². The average Bonchev–Trinajstić information content (AvgIpc) is 3.28. The van der Waals surface area contributed by atoms with Gasteiger partial charge in [-0.3, -0.25) is 37.3 Å². The Morgan fingerprint density at radius 3 is 0.708 bits per heavy atom. The van der Waals surface area contributed by atoms with Gasteiger partial charge in [-0.15, -0.1) is 0 Å². The van der Waals surface area contributed by atoms with Crippen LogP contribution in [-0.4, -0.2) is 96.7 Å². The smallest absolute Gasteiger partial charge is 0.462 e. The van der Waals surface area contributed by atoms with Crippen LogP contribution in [0.2, 0.25) is 0 Å². The lowest BCUT2D eigenvalue weighted by Gasteiger charge is -2.21. The van der Waals surface area contributed by atoms with Crippen LogP contribution in [0.1, 0.15) is 395 Å². The maximum atomic E-state index is 13.1. The van der Waals surface area contributed by atoms with Crippen LogP contribution in [-0.2, 0) is 65.4 Å². The molecule has 96 heavy (non-hydrogen) atoms. The van der Waals surface area contributed by atoms with Crippen LogP contribution in [0, 0.1) is 17.8 Å². The van der Waals surface area contributed by atoms with Gasteiger partial charge in [0.2, 0.25) is 0 Å². The van der Waals surface area contributed by atoms with E-state index in [1.165, 1.54) is 205 Å². The monoisotopic (exact) mass is 1410 g/mol. The summed E-state index contributed by atoms with van der Waals surface area (Å²) in [6.45, 7) is 11.9. The minimum absolute atomic E-state index is 0.107. The molecule has 0 aromatic heterocycles. The van der Waals surface area contributed by atoms with E-state index in [1.807, 2.05) is 0 Å². The van der Waals surface area contributed by atoms with Crippen molar-refractivity contribution in [1.82, 2.24) is 0 Å². The Labute approximate surface area is 588 Å². The van der Waals surface area contributed by atoms with Gasteiger partial charge >= 0.3 is 39.5 Å². The predicted molar refractivity (Wildman–Crippen MR) is 391 cm³/mol. The highest BCUT2D eigenvalue weighted by Crippen LogP contribution is 2.45. The van der Waals surface area contributed by atoms with Crippen molar-refractivity contribution in [1.29, 1.82) is 0 Å². The van der Waals surface area contributed by atoms with E-state index in [-0.39, 0.29) is 25.7 Å². The number of carbonyl (C=O) groups excluding carboxylic acids is 4. The largest absolute Gasteiger partial charge is 0.472 e. The summed E-state index contributed by atoms with van der Waals surface area (Å²) in [6, 6.07) is 0. The van der Waals surface area contributed by atoms with E-state index < -0.39 is 97.5 Å². The van der Waals surface area contributed by atoms with Crippen molar-refractivity contribution in [3.8, 4) is 0 Å². The van der Waals surface area contributed by atoms with Crippen LogP contribution >= 0.6 is 15.6 Å². The molecule has 0 amide bonds. The lowest BCUT2D eigenvalue weighted by Crippen LogP contribution is -2.30. The third kappa shape index (κ3) is 70.5. The number of hydrogen-bond donors (Lipinski definition) is 3. The molecule has 0 rings (SSSR count). The molecule has 0 saturated carbocycles.